The van der Waals surface area contributed by atoms with Gasteiger partial charge in [0.25, 0.3) is 0 Å². The second-order valence-electron chi connectivity index (χ2n) is 28.7. The van der Waals surface area contributed by atoms with Crippen LogP contribution in [0.1, 0.15) is 183 Å². The Morgan fingerprint density at radius 2 is 0.840 bits per heavy atom. The molecule has 11 amide bonds. The molecular weight excluding hydrogens is 1220 g/mol. The zero-order chi connectivity index (χ0) is 72.7. The molecule has 94 heavy (non-hydrogen) atoms. The molecule has 1 aliphatic heterocycles. The Hall–Kier alpha value is -5.56. The average molecular weight is 1350 g/mol. The summed E-state index contributed by atoms with van der Waals surface area (Å²) >= 11 is 1.45. The lowest BCUT2D eigenvalue weighted by atomic mass is 9.90. The highest BCUT2D eigenvalue weighted by Crippen LogP contribution is 2.27. The van der Waals surface area contributed by atoms with E-state index in [0.29, 0.717) is 25.1 Å². The first-order valence-corrected chi connectivity index (χ1v) is 35.8. The first-order chi connectivity index (χ1) is 43.6. The standard InChI is InChI=1S/C69H128N12O12S/c1-27-31-32-46(17)58(82)57-62(86)72-49(28-2)64(88)78(24)54(39-94-34-33-81(29-3)30-4)67(91)74(20)51(36-41(7)8)61(85)73-55(44(13)14)68(92)75(21)50(35-40(5)6)60(84)70-47(18)59(83)71-48(19)63(87)76(22)52(37-42(9)10)65(89)77(23)53(38-43(11)12)66(90)79(25)56(45(15)16)69(93)80(57)26/h40-58,82H,27-39H2,1-26H3,(H,70,84)(H,71,83)(H,72,86)(H,73,85)/t46-,47-,48+,49-,50-,51+,52-,53-,54-,55-,56-,57-,58-/m1/s1. The normalized spacial score (nSPS) is 26.3. The van der Waals surface area contributed by atoms with Gasteiger partial charge in [-0.2, -0.15) is 11.8 Å². The zero-order valence-corrected chi connectivity index (χ0v) is 63.4. The molecule has 24 nitrogen and oxygen atoms in total. The van der Waals surface area contributed by atoms with Crippen molar-refractivity contribution in [1.29, 1.82) is 0 Å². The summed E-state index contributed by atoms with van der Waals surface area (Å²) < 4.78 is 0. The van der Waals surface area contributed by atoms with Crippen molar-refractivity contribution in [1.82, 2.24) is 60.5 Å². The fraction of sp³-hybridized carbons (Fsp3) is 0.841. The molecule has 25 heteroatoms. The molecule has 0 unspecified atom stereocenters. The number of hydrogen-bond donors (Lipinski definition) is 5. The van der Waals surface area contributed by atoms with Gasteiger partial charge in [0.1, 0.15) is 66.5 Å². The number of hydrogen-bond acceptors (Lipinski definition) is 14. The van der Waals surface area contributed by atoms with Gasteiger partial charge in [0.15, 0.2) is 0 Å². The Morgan fingerprint density at radius 3 is 1.29 bits per heavy atom. The molecule has 1 heterocycles. The van der Waals surface area contributed by atoms with Crippen molar-refractivity contribution >= 4 is 76.7 Å². The number of aliphatic hydroxyl groups is 1. The lowest BCUT2D eigenvalue weighted by molar-refractivity contribution is -0.157. The fourth-order valence-electron chi connectivity index (χ4n) is 12.1. The molecule has 0 aromatic rings. The van der Waals surface area contributed by atoms with Gasteiger partial charge in [-0.25, -0.2) is 0 Å². The van der Waals surface area contributed by atoms with E-state index in [4.69, 9.17) is 0 Å². The SMILES string of the molecule is CCCC[C@@H](C)[C@@H](O)[C@@H]1C(=O)N[C@H](CC)C(=O)N(C)[C@H](CSCCN(CC)CC)C(=O)N(C)[C@@H](CC(C)C)C(=O)N[C@H](C(C)C)C(=O)N(C)[C@H](CC(C)C)C(=O)N[C@H](C)C(=O)N[C@@H](C)C(=O)N(C)[C@H](CC(C)C)C(=O)N(C)[C@H](CC(C)C)C(=O)N(C)[C@H](C(C)C)C(=O)N1C. The van der Waals surface area contributed by atoms with Crippen molar-refractivity contribution in [2.75, 3.05) is 80.5 Å². The van der Waals surface area contributed by atoms with Gasteiger partial charge in [-0.05, 0) is 107 Å². The van der Waals surface area contributed by atoms with Crippen molar-refractivity contribution in [3.8, 4) is 0 Å². The highest BCUT2D eigenvalue weighted by molar-refractivity contribution is 7.99. The van der Waals surface area contributed by atoms with E-state index in [2.05, 4.69) is 40.0 Å². The van der Waals surface area contributed by atoms with Crippen LogP contribution in [0, 0.1) is 41.4 Å². The number of rotatable bonds is 23. The Bertz CT molecular complexity index is 2480. The maximum atomic E-state index is 15.4. The molecule has 5 N–H and O–H groups in total. The largest absolute Gasteiger partial charge is 0.390 e. The number of amides is 11. The summed E-state index contributed by atoms with van der Waals surface area (Å²) in [4.78, 5) is 175. The van der Waals surface area contributed by atoms with Crippen molar-refractivity contribution in [3.05, 3.63) is 0 Å². The van der Waals surface area contributed by atoms with Crippen LogP contribution in [-0.2, 0) is 52.7 Å². The van der Waals surface area contributed by atoms with Gasteiger partial charge >= 0.3 is 0 Å². The van der Waals surface area contributed by atoms with Crippen molar-refractivity contribution < 1.29 is 57.8 Å². The Labute approximate surface area is 570 Å². The van der Waals surface area contributed by atoms with Crippen molar-refractivity contribution in [2.45, 2.75) is 255 Å². The van der Waals surface area contributed by atoms with Crippen LogP contribution in [0.15, 0.2) is 0 Å². The van der Waals surface area contributed by atoms with E-state index in [-0.39, 0.29) is 61.5 Å². The van der Waals surface area contributed by atoms with Crippen LogP contribution in [0.5, 0.6) is 0 Å². The number of aliphatic hydroxyl groups excluding tert-OH is 1. The summed E-state index contributed by atoms with van der Waals surface area (Å²) in [5.74, 6) is -8.82. The topological polar surface area (TPSA) is 282 Å². The summed E-state index contributed by atoms with van der Waals surface area (Å²) in [5, 5.41) is 23.6. The fourth-order valence-corrected chi connectivity index (χ4v) is 13.3. The second kappa shape index (κ2) is 40.9. The Balaban J connectivity index is 4.55. The van der Waals surface area contributed by atoms with Crippen LogP contribution in [0.25, 0.3) is 0 Å². The van der Waals surface area contributed by atoms with E-state index < -0.39 is 155 Å². The molecule has 0 aromatic heterocycles. The molecule has 1 saturated heterocycles. The molecule has 0 aromatic carbocycles. The maximum absolute atomic E-state index is 15.4. The minimum Gasteiger partial charge on any atom is -0.390 e. The smallest absolute Gasteiger partial charge is 0.246 e. The lowest BCUT2D eigenvalue weighted by Crippen LogP contribution is -2.64. The quantitative estimate of drug-likeness (QED) is 0.0849. The summed E-state index contributed by atoms with van der Waals surface area (Å²) in [7, 11) is 10.2. The van der Waals surface area contributed by atoms with Crippen LogP contribution < -0.4 is 21.3 Å². The van der Waals surface area contributed by atoms with E-state index in [1.807, 2.05) is 62.3 Å². The van der Waals surface area contributed by atoms with Gasteiger partial charge in [-0.1, -0.05) is 131 Å². The van der Waals surface area contributed by atoms with E-state index >= 15 is 28.8 Å². The summed E-state index contributed by atoms with van der Waals surface area (Å²) in [6, 6.07) is -13.6. The predicted molar refractivity (Wildman–Crippen MR) is 373 cm³/mol. The van der Waals surface area contributed by atoms with E-state index in [1.165, 1.54) is 104 Å². The number of carbonyl (C=O) groups excluding carboxylic acids is 11. The molecule has 0 saturated carbocycles. The van der Waals surface area contributed by atoms with E-state index in [0.717, 1.165) is 24.4 Å². The Morgan fingerprint density at radius 1 is 0.436 bits per heavy atom. The monoisotopic (exact) mass is 1350 g/mol. The third-order valence-corrected chi connectivity index (χ3v) is 19.4. The third kappa shape index (κ3) is 24.8. The number of likely N-dealkylation sites (N-methyl/N-ethyl adjacent to an activating group) is 7. The van der Waals surface area contributed by atoms with Gasteiger partial charge in [0.2, 0.25) is 65.0 Å². The minimum absolute atomic E-state index is 0.0220. The number of nitrogens with one attached hydrogen (secondary N) is 4. The Kier molecular flexibility index (Phi) is 37.6. The molecular formula is C69H128N12O12S. The van der Waals surface area contributed by atoms with Gasteiger partial charge < -0.3 is 65.6 Å². The number of carbonyl (C=O) groups is 11. The zero-order valence-electron chi connectivity index (χ0n) is 62.6. The summed E-state index contributed by atoms with van der Waals surface area (Å²) in [5.41, 5.74) is 0. The molecule has 0 aliphatic carbocycles. The molecule has 0 radical (unpaired) electrons. The minimum atomic E-state index is -1.60. The van der Waals surface area contributed by atoms with Gasteiger partial charge in [-0.15, -0.1) is 0 Å². The number of thioether (sulfide) groups is 1. The molecule has 0 bridgehead atoms. The van der Waals surface area contributed by atoms with E-state index in [1.54, 1.807) is 41.5 Å². The predicted octanol–water partition coefficient (Wildman–Crippen LogP) is 4.94. The molecule has 0 spiro atoms. The van der Waals surface area contributed by atoms with Gasteiger partial charge in [-0.3, -0.25) is 52.7 Å². The van der Waals surface area contributed by atoms with Crippen LogP contribution >= 0.6 is 11.8 Å². The summed E-state index contributed by atoms with van der Waals surface area (Å²) in [6.07, 6.45) is 1.12. The summed E-state index contributed by atoms with van der Waals surface area (Å²) in [6.45, 7) is 36.8. The van der Waals surface area contributed by atoms with Crippen LogP contribution in [0.3, 0.4) is 0 Å². The average Bonchev–Trinajstić information content (AvgIpc) is 0.858. The van der Waals surface area contributed by atoms with Crippen LogP contribution in [0.2, 0.25) is 0 Å². The maximum Gasteiger partial charge on any atom is 0.246 e. The highest BCUT2D eigenvalue weighted by Gasteiger charge is 2.46. The number of unbranched alkanes of at least 4 members (excludes halogenated alkanes) is 1. The lowest BCUT2D eigenvalue weighted by Gasteiger charge is -2.41. The van der Waals surface area contributed by atoms with Crippen LogP contribution in [0.4, 0.5) is 0 Å². The third-order valence-electron chi connectivity index (χ3n) is 18.4. The van der Waals surface area contributed by atoms with Gasteiger partial charge in [0.05, 0.1) is 6.10 Å². The first kappa shape index (κ1) is 86.5. The number of nitrogens with zero attached hydrogens (tertiary/aromatic N) is 8. The molecule has 1 fully saturated rings. The van der Waals surface area contributed by atoms with Crippen LogP contribution in [-0.4, -0.2) is 262 Å². The molecule has 542 valence electrons. The first-order valence-electron chi connectivity index (χ1n) is 34.7. The van der Waals surface area contributed by atoms with Crippen molar-refractivity contribution in [2.24, 2.45) is 41.4 Å². The van der Waals surface area contributed by atoms with E-state index in [9.17, 15) is 29.1 Å². The molecule has 1 aliphatic rings. The second-order valence-corrected chi connectivity index (χ2v) is 29.9. The van der Waals surface area contributed by atoms with Crippen molar-refractivity contribution in [3.63, 3.8) is 0 Å². The molecule has 13 atom stereocenters. The molecule has 1 rings (SSSR count). The van der Waals surface area contributed by atoms with Gasteiger partial charge in [0, 0.05) is 67.4 Å². The highest BCUT2D eigenvalue weighted by atomic mass is 32.2.